The number of nitrogens with one attached hydrogen (secondary N) is 3. The van der Waals surface area contributed by atoms with Gasteiger partial charge in [0.15, 0.2) is 0 Å². The highest BCUT2D eigenvalue weighted by molar-refractivity contribution is 9.10. The minimum Gasteiger partial charge on any atom is -0.492 e. The first kappa shape index (κ1) is 47.4. The van der Waals surface area contributed by atoms with Gasteiger partial charge in [0.05, 0.1) is 45.2 Å². The molecule has 16 nitrogen and oxygen atoms in total. The lowest BCUT2D eigenvalue weighted by Crippen LogP contribution is -2.53. The highest BCUT2D eigenvalue weighted by atomic mass is 79.9. The monoisotopic (exact) mass is 1010 g/mol. The van der Waals surface area contributed by atoms with Crippen LogP contribution in [0.4, 0.5) is 33.2 Å². The number of anilines is 5. The second-order valence-electron chi connectivity index (χ2n) is 18.2. The standard InChI is InChI=1S/C49H58BrFN11O5P/c1-6-30-25-37(55-48-53-28-35(50)46(57-48)54-38-29-52-36-26-32(51)11-12-34(36)45(38)68(4,5)66)42(67-7-2)27-41(30)61-19-16-33(17-20-61)60-23-21-59(22-24-60)18-15-31-9-8-10-39-44(31)58(3)49(65)62(39)40-13-14-43(63)56-47(40)64/h8-12,25-29,33,40H,6-7,13-24H2,1-5H3,(H,56,63,64)(H2,53,54,55,57). The van der Waals surface area contributed by atoms with Crippen molar-refractivity contribution >= 4 is 91.0 Å². The Labute approximate surface area is 403 Å². The number of ether oxygens (including phenoxy) is 1. The Kier molecular flexibility index (Phi) is 13.8. The van der Waals surface area contributed by atoms with Gasteiger partial charge in [-0.15, -0.1) is 0 Å². The summed E-state index contributed by atoms with van der Waals surface area (Å²) in [4.78, 5) is 59.5. The first-order valence-corrected chi connectivity index (χ1v) is 26.8. The van der Waals surface area contributed by atoms with Crippen molar-refractivity contribution in [1.29, 1.82) is 0 Å². The van der Waals surface area contributed by atoms with E-state index in [1.807, 2.05) is 19.1 Å². The Morgan fingerprint density at radius 1 is 0.912 bits per heavy atom. The van der Waals surface area contributed by atoms with Crippen molar-refractivity contribution in [3.63, 3.8) is 0 Å². The summed E-state index contributed by atoms with van der Waals surface area (Å²) >= 11 is 3.58. The molecular formula is C49H58BrFN11O5P. The minimum atomic E-state index is -2.86. The highest BCUT2D eigenvalue weighted by Crippen LogP contribution is 2.42. The number of amides is 2. The van der Waals surface area contributed by atoms with Crippen LogP contribution in [0.5, 0.6) is 5.75 Å². The van der Waals surface area contributed by atoms with Crippen LogP contribution in [0.1, 0.15) is 56.7 Å². The van der Waals surface area contributed by atoms with E-state index in [-0.39, 0.29) is 18.0 Å². The molecule has 1 unspecified atom stereocenters. The number of piperidine rings is 2. The van der Waals surface area contributed by atoms with Gasteiger partial charge in [-0.3, -0.25) is 33.9 Å². The number of piperazine rings is 1. The molecular weight excluding hydrogens is 952 g/mol. The number of imide groups is 1. The summed E-state index contributed by atoms with van der Waals surface area (Å²) in [5.41, 5.74) is 6.46. The van der Waals surface area contributed by atoms with Gasteiger partial charge in [-0.05, 0) is 104 Å². The number of pyridine rings is 1. The predicted molar refractivity (Wildman–Crippen MR) is 270 cm³/mol. The largest absolute Gasteiger partial charge is 0.492 e. The lowest BCUT2D eigenvalue weighted by atomic mass is 9.99. The van der Waals surface area contributed by atoms with Crippen molar-refractivity contribution in [3.05, 3.63) is 92.8 Å². The van der Waals surface area contributed by atoms with E-state index in [0.717, 1.165) is 93.8 Å². The van der Waals surface area contributed by atoms with E-state index in [9.17, 15) is 23.3 Å². The molecule has 3 N–H and O–H groups in total. The number of halogens is 2. The Hall–Kier alpha value is -5.68. The van der Waals surface area contributed by atoms with Gasteiger partial charge in [-0.25, -0.2) is 14.2 Å². The van der Waals surface area contributed by atoms with Gasteiger partial charge in [0.2, 0.25) is 17.8 Å². The van der Waals surface area contributed by atoms with Crippen molar-refractivity contribution < 1.29 is 23.3 Å². The molecule has 3 aromatic carbocycles. The Bertz CT molecular complexity index is 3010. The number of aryl methyl sites for hydroxylation is 2. The maximum Gasteiger partial charge on any atom is 0.329 e. The van der Waals surface area contributed by atoms with Crippen LogP contribution in [-0.2, 0) is 34.0 Å². The van der Waals surface area contributed by atoms with Gasteiger partial charge < -0.3 is 29.7 Å². The molecule has 3 saturated heterocycles. The van der Waals surface area contributed by atoms with Gasteiger partial charge in [0.1, 0.15) is 30.6 Å². The van der Waals surface area contributed by atoms with E-state index < -0.39 is 24.9 Å². The summed E-state index contributed by atoms with van der Waals surface area (Å²) in [6, 6.07) is 14.3. The van der Waals surface area contributed by atoms with E-state index in [1.165, 1.54) is 23.4 Å². The molecule has 3 aliphatic heterocycles. The number of rotatable bonds is 14. The number of hydrogen-bond donors (Lipinski definition) is 3. The lowest BCUT2D eigenvalue weighted by molar-refractivity contribution is -0.135. The molecule has 6 aromatic rings. The minimum absolute atomic E-state index is 0.213. The fourth-order valence-corrected chi connectivity index (χ4v) is 12.0. The van der Waals surface area contributed by atoms with Crippen LogP contribution in [0.25, 0.3) is 21.9 Å². The van der Waals surface area contributed by atoms with Gasteiger partial charge in [-0.1, -0.05) is 19.1 Å². The van der Waals surface area contributed by atoms with Crippen LogP contribution in [0.2, 0.25) is 0 Å². The normalized spacial score (nSPS) is 17.8. The fourth-order valence-electron chi connectivity index (χ4n) is 10.2. The van der Waals surface area contributed by atoms with Crippen molar-refractivity contribution in [3.8, 4) is 5.75 Å². The average Bonchev–Trinajstić information content (AvgIpc) is 3.58. The van der Waals surface area contributed by atoms with Crippen LogP contribution in [0.3, 0.4) is 0 Å². The Balaban J connectivity index is 0.829. The van der Waals surface area contributed by atoms with Gasteiger partial charge in [0, 0.05) is 100 Å². The van der Waals surface area contributed by atoms with Crippen LogP contribution in [0.15, 0.2) is 70.2 Å². The van der Waals surface area contributed by atoms with Crippen molar-refractivity contribution in [1.82, 2.24) is 39.2 Å². The average molecular weight is 1010 g/mol. The molecule has 68 heavy (non-hydrogen) atoms. The summed E-state index contributed by atoms with van der Waals surface area (Å²) in [7, 11) is -1.10. The number of hydrogen-bond acceptors (Lipinski definition) is 13. The summed E-state index contributed by atoms with van der Waals surface area (Å²) in [5.74, 6) is 0.354. The van der Waals surface area contributed by atoms with Crippen LogP contribution < -0.4 is 36.6 Å². The van der Waals surface area contributed by atoms with Crippen LogP contribution in [0, 0.1) is 5.82 Å². The molecule has 0 radical (unpaired) electrons. The zero-order valence-corrected chi connectivity index (χ0v) is 41.6. The molecule has 0 bridgehead atoms. The fraction of sp³-hybridized carbons (Fsp3) is 0.429. The molecule has 2 amide bonds. The van der Waals surface area contributed by atoms with Gasteiger partial charge >= 0.3 is 5.69 Å². The first-order valence-electron chi connectivity index (χ1n) is 23.4. The van der Waals surface area contributed by atoms with Crippen molar-refractivity contribution in [2.24, 2.45) is 7.05 Å². The third-order valence-corrected chi connectivity index (χ3v) is 15.7. The molecule has 3 fully saturated rings. The Morgan fingerprint density at radius 3 is 2.41 bits per heavy atom. The number of nitrogens with zero attached hydrogens (tertiary/aromatic N) is 8. The van der Waals surface area contributed by atoms with E-state index in [1.54, 1.807) is 48.0 Å². The molecule has 0 aliphatic carbocycles. The molecule has 3 aromatic heterocycles. The quantitative estimate of drug-likeness (QED) is 0.0748. The number of aromatic nitrogens is 5. The SMILES string of the molecule is CCOc1cc(N2CCC(N3CCN(CCc4cccc5c4n(C)c(=O)n5C4CCC(=O)NC4=O)CC3)CC2)c(CC)cc1Nc1ncc(Br)c(Nc2cnc3cc(F)ccc3c2P(C)(C)=O)n1. The van der Waals surface area contributed by atoms with Gasteiger partial charge in [-0.2, -0.15) is 4.98 Å². The van der Waals surface area contributed by atoms with Gasteiger partial charge in [0.25, 0.3) is 0 Å². The maximum atomic E-state index is 14.1. The number of imidazole rings is 1. The van der Waals surface area contributed by atoms with Crippen LogP contribution in [-0.4, -0.2) is 117 Å². The molecule has 0 saturated carbocycles. The first-order chi connectivity index (χ1) is 32.7. The number of carbonyl (C=O) groups is 2. The number of fused-ring (bicyclic) bond motifs is 2. The summed E-state index contributed by atoms with van der Waals surface area (Å²) in [5, 5.41) is 10.3. The summed E-state index contributed by atoms with van der Waals surface area (Å²) in [6.45, 7) is 14.7. The predicted octanol–water partition coefficient (Wildman–Crippen LogP) is 7.08. The third kappa shape index (κ3) is 9.65. The van der Waals surface area contributed by atoms with E-state index >= 15 is 0 Å². The molecule has 1 atom stereocenters. The molecule has 3 aliphatic rings. The van der Waals surface area contributed by atoms with E-state index in [2.05, 4.69) is 81.7 Å². The van der Waals surface area contributed by atoms with E-state index in [0.29, 0.717) is 63.0 Å². The maximum absolute atomic E-state index is 14.1. The second-order valence-corrected chi connectivity index (χ2v) is 22.2. The van der Waals surface area contributed by atoms with Crippen molar-refractivity contribution in [2.75, 3.05) is 81.3 Å². The number of benzene rings is 3. The van der Waals surface area contributed by atoms with Crippen molar-refractivity contribution in [2.45, 2.75) is 64.5 Å². The van der Waals surface area contributed by atoms with E-state index in [4.69, 9.17) is 9.72 Å². The number of carbonyl (C=O) groups excluding carboxylic acids is 2. The Morgan fingerprint density at radius 2 is 1.69 bits per heavy atom. The molecule has 9 rings (SSSR count). The molecule has 19 heteroatoms. The topological polar surface area (TPSA) is 172 Å². The lowest BCUT2D eigenvalue weighted by Gasteiger charge is -2.43. The third-order valence-electron chi connectivity index (χ3n) is 13.6. The zero-order valence-electron chi connectivity index (χ0n) is 39.1. The molecule has 0 spiro atoms. The second kappa shape index (κ2) is 19.7. The smallest absolute Gasteiger partial charge is 0.329 e. The van der Waals surface area contributed by atoms with Crippen LogP contribution >= 0.6 is 23.1 Å². The molecule has 6 heterocycles. The zero-order chi connectivity index (χ0) is 47.9. The highest BCUT2D eigenvalue weighted by Gasteiger charge is 2.33. The number of para-hydroxylation sites is 1. The molecule has 358 valence electrons. The summed E-state index contributed by atoms with van der Waals surface area (Å²) in [6.07, 6.45) is 7.47. The summed E-state index contributed by atoms with van der Waals surface area (Å²) < 4.78 is 37.7.